The molecule has 2 aromatic carbocycles. The number of anilines is 1. The number of allylic oxidation sites excluding steroid dienone is 1. The number of nitrogens with zero attached hydrogens (tertiary/aromatic N) is 1. The van der Waals surface area contributed by atoms with E-state index < -0.39 is 27.7 Å². The van der Waals surface area contributed by atoms with Crippen LogP contribution in [0.25, 0.3) is 5.57 Å². The fourth-order valence-electron chi connectivity index (χ4n) is 3.44. The van der Waals surface area contributed by atoms with Crippen LogP contribution in [0.15, 0.2) is 65.6 Å². The number of hydrogen-bond acceptors (Lipinski definition) is 4. The third-order valence-electron chi connectivity index (χ3n) is 4.81. The molecule has 1 aliphatic rings. The second kappa shape index (κ2) is 9.43. The lowest BCUT2D eigenvalue weighted by molar-refractivity contribution is -0.112. The van der Waals surface area contributed by atoms with Gasteiger partial charge in [0.1, 0.15) is 0 Å². The minimum Gasteiger partial charge on any atom is -0.373 e. The molecule has 32 heavy (non-hydrogen) atoms. The first kappa shape index (κ1) is 24.0. The largest absolute Gasteiger partial charge is 0.417 e. The van der Waals surface area contributed by atoms with Crippen LogP contribution in [0.4, 0.5) is 18.9 Å². The molecule has 2 atom stereocenters. The molecular formula is C22H23F3N2O4S. The number of sulfonamides is 1. The highest BCUT2D eigenvalue weighted by Crippen LogP contribution is 2.33. The summed E-state index contributed by atoms with van der Waals surface area (Å²) in [5.74, 6) is -0.979. The van der Waals surface area contributed by atoms with Gasteiger partial charge < -0.3 is 10.1 Å². The summed E-state index contributed by atoms with van der Waals surface area (Å²) in [6.45, 7) is 4.01. The van der Waals surface area contributed by atoms with Crippen LogP contribution in [0.2, 0.25) is 0 Å². The second-order valence-electron chi connectivity index (χ2n) is 7.51. The van der Waals surface area contributed by atoms with E-state index >= 15 is 0 Å². The van der Waals surface area contributed by atoms with Crippen LogP contribution in [0.1, 0.15) is 19.4 Å². The summed E-state index contributed by atoms with van der Waals surface area (Å²) in [5, 5.41) is 2.34. The number of nitrogens with one attached hydrogen (secondary N) is 1. The number of carbonyl (C=O) groups excluding carboxylic acids is 1. The zero-order valence-corrected chi connectivity index (χ0v) is 18.3. The van der Waals surface area contributed by atoms with E-state index in [0.29, 0.717) is 6.08 Å². The number of rotatable bonds is 5. The molecule has 1 amide bonds. The quantitative estimate of drug-likeness (QED) is 0.672. The monoisotopic (exact) mass is 468 g/mol. The molecule has 1 saturated heterocycles. The van der Waals surface area contributed by atoms with E-state index in [2.05, 4.69) is 5.32 Å². The van der Waals surface area contributed by atoms with Crippen molar-refractivity contribution in [3.8, 4) is 0 Å². The summed E-state index contributed by atoms with van der Waals surface area (Å²) in [6, 6.07) is 12.3. The third-order valence-corrected chi connectivity index (χ3v) is 6.66. The zero-order chi connectivity index (χ0) is 23.5. The number of amides is 1. The van der Waals surface area contributed by atoms with Crippen molar-refractivity contribution in [1.29, 1.82) is 0 Å². The molecule has 10 heteroatoms. The van der Waals surface area contributed by atoms with Crippen LogP contribution in [0.3, 0.4) is 0 Å². The number of hydrogen-bond donors (Lipinski definition) is 1. The van der Waals surface area contributed by atoms with E-state index in [9.17, 15) is 26.4 Å². The molecule has 0 aliphatic carbocycles. The number of halogens is 3. The van der Waals surface area contributed by atoms with Gasteiger partial charge in [-0.15, -0.1) is 0 Å². The van der Waals surface area contributed by atoms with Crippen LogP contribution in [-0.2, 0) is 19.6 Å². The summed E-state index contributed by atoms with van der Waals surface area (Å²) in [6.07, 6.45) is -4.72. The predicted molar refractivity (Wildman–Crippen MR) is 114 cm³/mol. The molecule has 1 aliphatic heterocycles. The summed E-state index contributed by atoms with van der Waals surface area (Å²) in [7, 11) is -3.77. The molecular weight excluding hydrogens is 445 g/mol. The SMILES string of the molecule is CC1CN(S(=O)(=O)c2ccc(NC(=O)/C=C(/c3ccccc3)C(F)(F)F)cc2)CC(C)O1. The number of ether oxygens (including phenoxy) is 1. The summed E-state index contributed by atoms with van der Waals surface area (Å²) < 4.78 is 72.8. The molecule has 0 saturated carbocycles. The Labute approximate surface area is 184 Å². The number of morpholine rings is 1. The normalized spacial score (nSPS) is 20.7. The van der Waals surface area contributed by atoms with Gasteiger partial charge in [0.15, 0.2) is 0 Å². The lowest BCUT2D eigenvalue weighted by Crippen LogP contribution is -2.48. The Bertz CT molecular complexity index is 1070. The number of benzene rings is 2. The molecule has 2 unspecified atom stereocenters. The molecule has 0 aromatic heterocycles. The minimum atomic E-state index is -4.72. The first-order chi connectivity index (χ1) is 15.0. The maximum absolute atomic E-state index is 13.4. The topological polar surface area (TPSA) is 75.7 Å². The van der Waals surface area contributed by atoms with Crippen LogP contribution in [0.5, 0.6) is 0 Å². The van der Waals surface area contributed by atoms with Gasteiger partial charge in [-0.3, -0.25) is 4.79 Å². The third kappa shape index (κ3) is 5.76. The molecule has 172 valence electrons. The lowest BCUT2D eigenvalue weighted by Gasteiger charge is -2.34. The van der Waals surface area contributed by atoms with Gasteiger partial charge in [0.25, 0.3) is 0 Å². The van der Waals surface area contributed by atoms with Crippen molar-refractivity contribution in [1.82, 2.24) is 4.31 Å². The van der Waals surface area contributed by atoms with Crippen molar-refractivity contribution in [2.24, 2.45) is 0 Å². The van der Waals surface area contributed by atoms with E-state index in [4.69, 9.17) is 4.74 Å². The van der Waals surface area contributed by atoms with E-state index in [1.165, 1.54) is 52.8 Å². The van der Waals surface area contributed by atoms with Gasteiger partial charge in [-0.25, -0.2) is 8.42 Å². The second-order valence-corrected chi connectivity index (χ2v) is 9.45. The highest BCUT2D eigenvalue weighted by atomic mass is 32.2. The van der Waals surface area contributed by atoms with Crippen molar-refractivity contribution in [2.75, 3.05) is 18.4 Å². The van der Waals surface area contributed by atoms with Crippen molar-refractivity contribution < 1.29 is 31.1 Å². The average Bonchev–Trinajstić information content (AvgIpc) is 2.71. The Hall–Kier alpha value is -2.69. The Kier molecular flexibility index (Phi) is 7.06. The molecule has 6 nitrogen and oxygen atoms in total. The van der Waals surface area contributed by atoms with E-state index in [1.54, 1.807) is 19.9 Å². The van der Waals surface area contributed by atoms with Gasteiger partial charge in [0.2, 0.25) is 15.9 Å². The summed E-state index contributed by atoms with van der Waals surface area (Å²) in [4.78, 5) is 12.2. The van der Waals surface area contributed by atoms with E-state index in [-0.39, 0.29) is 41.4 Å². The maximum atomic E-state index is 13.4. The van der Waals surface area contributed by atoms with Crippen LogP contribution < -0.4 is 5.32 Å². The molecule has 3 rings (SSSR count). The van der Waals surface area contributed by atoms with Gasteiger partial charge in [-0.1, -0.05) is 30.3 Å². The summed E-state index contributed by atoms with van der Waals surface area (Å²) >= 11 is 0. The van der Waals surface area contributed by atoms with Crippen molar-refractivity contribution >= 4 is 27.2 Å². The van der Waals surface area contributed by atoms with Crippen molar-refractivity contribution in [2.45, 2.75) is 37.1 Å². The van der Waals surface area contributed by atoms with Crippen molar-refractivity contribution in [3.63, 3.8) is 0 Å². The molecule has 0 bridgehead atoms. The van der Waals surface area contributed by atoms with E-state index in [0.717, 1.165) is 0 Å². The van der Waals surface area contributed by atoms with Crippen molar-refractivity contribution in [3.05, 3.63) is 66.2 Å². The molecule has 1 fully saturated rings. The van der Waals surface area contributed by atoms with Crippen LogP contribution in [0, 0.1) is 0 Å². The van der Waals surface area contributed by atoms with Gasteiger partial charge in [0, 0.05) is 24.9 Å². The first-order valence-corrected chi connectivity index (χ1v) is 11.3. The molecule has 0 spiro atoms. The fraction of sp³-hybridized carbons (Fsp3) is 0.318. The standard InChI is InChI=1S/C22H23F3N2O4S/c1-15-13-27(14-16(2)31-15)32(29,30)19-10-8-18(9-11-19)26-21(28)12-20(22(23,24)25)17-6-4-3-5-7-17/h3-12,15-16H,13-14H2,1-2H3,(H,26,28)/b20-12-. The van der Waals surface area contributed by atoms with Gasteiger partial charge in [-0.2, -0.15) is 17.5 Å². The fourth-order valence-corrected chi connectivity index (χ4v) is 5.03. The molecule has 0 radical (unpaired) electrons. The molecule has 1 N–H and O–H groups in total. The zero-order valence-electron chi connectivity index (χ0n) is 17.5. The Balaban J connectivity index is 1.76. The lowest BCUT2D eigenvalue weighted by atomic mass is 10.1. The van der Waals surface area contributed by atoms with Crippen LogP contribution in [-0.4, -0.2) is 50.1 Å². The minimum absolute atomic E-state index is 0.0209. The van der Waals surface area contributed by atoms with Gasteiger partial charge >= 0.3 is 6.18 Å². The average molecular weight is 468 g/mol. The van der Waals surface area contributed by atoms with Crippen LogP contribution >= 0.6 is 0 Å². The smallest absolute Gasteiger partial charge is 0.373 e. The number of carbonyl (C=O) groups is 1. The predicted octanol–water partition coefficient (Wildman–Crippen LogP) is 4.07. The van der Waals surface area contributed by atoms with E-state index in [1.807, 2.05) is 0 Å². The van der Waals surface area contributed by atoms with Gasteiger partial charge in [0.05, 0.1) is 22.7 Å². The first-order valence-electron chi connectivity index (χ1n) is 9.88. The Morgan fingerprint density at radius 1 is 1.03 bits per heavy atom. The Morgan fingerprint density at radius 3 is 2.12 bits per heavy atom. The maximum Gasteiger partial charge on any atom is 0.417 e. The highest BCUT2D eigenvalue weighted by Gasteiger charge is 2.35. The Morgan fingerprint density at radius 2 is 1.59 bits per heavy atom. The molecule has 2 aromatic rings. The summed E-state index contributed by atoms with van der Waals surface area (Å²) in [5.41, 5.74) is -1.04. The molecule has 1 heterocycles. The van der Waals surface area contributed by atoms with Gasteiger partial charge in [-0.05, 0) is 43.7 Å². The highest BCUT2D eigenvalue weighted by molar-refractivity contribution is 7.89. The number of alkyl halides is 3.